The molecule has 0 spiro atoms. The van der Waals surface area contributed by atoms with Crippen molar-refractivity contribution in [1.82, 2.24) is 0 Å². The Labute approximate surface area is 118 Å². The van der Waals surface area contributed by atoms with Crippen LogP contribution in [0.3, 0.4) is 0 Å². The molecule has 104 valence electrons. The molecule has 0 aliphatic rings. The van der Waals surface area contributed by atoms with Crippen molar-refractivity contribution in [1.29, 1.82) is 0 Å². The summed E-state index contributed by atoms with van der Waals surface area (Å²) >= 11 is 0. The summed E-state index contributed by atoms with van der Waals surface area (Å²) in [5.41, 5.74) is 2.07. The van der Waals surface area contributed by atoms with Crippen molar-refractivity contribution < 1.29 is 14.6 Å². The van der Waals surface area contributed by atoms with Crippen LogP contribution >= 0.6 is 0 Å². The van der Waals surface area contributed by atoms with Gasteiger partial charge in [-0.1, -0.05) is 48.5 Å². The van der Waals surface area contributed by atoms with Crippen molar-refractivity contribution in [2.24, 2.45) is 0 Å². The van der Waals surface area contributed by atoms with E-state index in [2.05, 4.69) is 0 Å². The average molecular weight is 270 g/mol. The first kappa shape index (κ1) is 14.1. The van der Waals surface area contributed by atoms with Crippen molar-refractivity contribution in [3.05, 3.63) is 65.7 Å². The molecule has 2 aromatic carbocycles. The number of carbonyl (C=O) groups is 1. The SMILES string of the molecule is COc1ccccc1CC(CC(=O)O)c1ccccc1. The number of para-hydroxylation sites is 1. The third-order valence-corrected chi connectivity index (χ3v) is 3.35. The Morgan fingerprint density at radius 1 is 1.10 bits per heavy atom. The van der Waals surface area contributed by atoms with Crippen LogP contribution in [0.2, 0.25) is 0 Å². The molecule has 0 aliphatic carbocycles. The highest BCUT2D eigenvalue weighted by Gasteiger charge is 2.17. The lowest BCUT2D eigenvalue weighted by Gasteiger charge is -2.17. The number of carboxylic acids is 1. The maximum Gasteiger partial charge on any atom is 0.303 e. The zero-order valence-electron chi connectivity index (χ0n) is 11.5. The van der Waals surface area contributed by atoms with Crippen molar-refractivity contribution in [2.75, 3.05) is 7.11 Å². The molecule has 20 heavy (non-hydrogen) atoms. The standard InChI is InChI=1S/C17H18O3/c1-20-16-10-6-5-9-14(16)11-15(12-17(18)19)13-7-3-2-4-8-13/h2-10,15H,11-12H2,1H3,(H,18,19). The van der Waals surface area contributed by atoms with Crippen LogP contribution in [-0.4, -0.2) is 18.2 Å². The van der Waals surface area contributed by atoms with Gasteiger partial charge in [0.05, 0.1) is 13.5 Å². The predicted molar refractivity (Wildman–Crippen MR) is 78.1 cm³/mol. The van der Waals surface area contributed by atoms with E-state index in [0.29, 0.717) is 6.42 Å². The van der Waals surface area contributed by atoms with Crippen LogP contribution in [0.25, 0.3) is 0 Å². The van der Waals surface area contributed by atoms with Gasteiger partial charge in [0.2, 0.25) is 0 Å². The van der Waals surface area contributed by atoms with Crippen molar-refractivity contribution in [3.63, 3.8) is 0 Å². The Kier molecular flexibility index (Phi) is 4.77. The Bertz CT molecular complexity index is 563. The number of hydrogen-bond acceptors (Lipinski definition) is 2. The number of carboxylic acid groups (broad SMARTS) is 1. The van der Waals surface area contributed by atoms with E-state index in [9.17, 15) is 4.79 Å². The van der Waals surface area contributed by atoms with Gasteiger partial charge in [-0.3, -0.25) is 4.79 Å². The molecule has 1 unspecified atom stereocenters. The smallest absolute Gasteiger partial charge is 0.303 e. The molecule has 0 amide bonds. The highest BCUT2D eigenvalue weighted by Crippen LogP contribution is 2.28. The topological polar surface area (TPSA) is 46.5 Å². The van der Waals surface area contributed by atoms with E-state index < -0.39 is 5.97 Å². The summed E-state index contributed by atoms with van der Waals surface area (Å²) in [5, 5.41) is 9.12. The number of methoxy groups -OCH3 is 1. The predicted octanol–water partition coefficient (Wildman–Crippen LogP) is 3.50. The highest BCUT2D eigenvalue weighted by molar-refractivity contribution is 5.68. The maximum absolute atomic E-state index is 11.1. The minimum Gasteiger partial charge on any atom is -0.496 e. The van der Waals surface area contributed by atoms with Crippen LogP contribution in [0, 0.1) is 0 Å². The molecule has 0 saturated carbocycles. The minimum absolute atomic E-state index is 0.0509. The Morgan fingerprint density at radius 3 is 2.40 bits per heavy atom. The molecule has 2 aromatic rings. The van der Waals surface area contributed by atoms with Gasteiger partial charge in [-0.25, -0.2) is 0 Å². The van der Waals surface area contributed by atoms with Gasteiger partial charge in [-0.05, 0) is 29.5 Å². The van der Waals surface area contributed by atoms with Crippen molar-refractivity contribution >= 4 is 5.97 Å². The van der Waals surface area contributed by atoms with E-state index in [1.165, 1.54) is 0 Å². The van der Waals surface area contributed by atoms with E-state index >= 15 is 0 Å². The number of aliphatic carboxylic acids is 1. The van der Waals surface area contributed by atoms with Gasteiger partial charge in [-0.15, -0.1) is 0 Å². The molecule has 0 radical (unpaired) electrons. The van der Waals surface area contributed by atoms with Gasteiger partial charge in [0, 0.05) is 0 Å². The molecule has 0 heterocycles. The Balaban J connectivity index is 2.26. The van der Waals surface area contributed by atoms with Gasteiger partial charge in [-0.2, -0.15) is 0 Å². The second-order valence-corrected chi connectivity index (χ2v) is 4.72. The van der Waals surface area contributed by atoms with Crippen LogP contribution < -0.4 is 4.74 Å². The van der Waals surface area contributed by atoms with Crippen LogP contribution in [0.5, 0.6) is 5.75 Å². The second kappa shape index (κ2) is 6.75. The third kappa shape index (κ3) is 3.60. The summed E-state index contributed by atoms with van der Waals surface area (Å²) in [4.78, 5) is 11.1. The minimum atomic E-state index is -0.784. The first-order valence-electron chi connectivity index (χ1n) is 6.59. The number of ether oxygens (including phenoxy) is 1. The summed E-state index contributed by atoms with van der Waals surface area (Å²) in [6.07, 6.45) is 0.766. The number of benzene rings is 2. The van der Waals surface area contributed by atoms with Crippen LogP contribution in [0.15, 0.2) is 54.6 Å². The second-order valence-electron chi connectivity index (χ2n) is 4.72. The summed E-state index contributed by atoms with van der Waals surface area (Å²) in [5.74, 6) is -0.0300. The molecular formula is C17H18O3. The molecule has 0 saturated heterocycles. The fraction of sp³-hybridized carbons (Fsp3) is 0.235. The monoisotopic (exact) mass is 270 g/mol. The largest absolute Gasteiger partial charge is 0.496 e. The molecular weight excluding hydrogens is 252 g/mol. The summed E-state index contributed by atoms with van der Waals surface area (Å²) in [7, 11) is 1.63. The molecule has 0 fully saturated rings. The highest BCUT2D eigenvalue weighted by atomic mass is 16.5. The normalized spacial score (nSPS) is 11.8. The van der Waals surface area contributed by atoms with Gasteiger partial charge in [0.15, 0.2) is 0 Å². The van der Waals surface area contributed by atoms with Crippen molar-refractivity contribution in [2.45, 2.75) is 18.8 Å². The van der Waals surface area contributed by atoms with Crippen LogP contribution in [-0.2, 0) is 11.2 Å². The van der Waals surface area contributed by atoms with Gasteiger partial charge in [0.1, 0.15) is 5.75 Å². The lowest BCUT2D eigenvalue weighted by Crippen LogP contribution is -2.10. The van der Waals surface area contributed by atoms with Gasteiger partial charge in [0.25, 0.3) is 0 Å². The summed E-state index contributed by atoms with van der Waals surface area (Å²) in [6.45, 7) is 0. The molecule has 3 nitrogen and oxygen atoms in total. The quantitative estimate of drug-likeness (QED) is 0.874. The van der Waals surface area contributed by atoms with Gasteiger partial charge >= 0.3 is 5.97 Å². The van der Waals surface area contributed by atoms with Crippen LogP contribution in [0.4, 0.5) is 0 Å². The molecule has 0 aliphatic heterocycles. The number of rotatable bonds is 6. The fourth-order valence-electron chi connectivity index (χ4n) is 2.38. The Hall–Kier alpha value is -2.29. The Morgan fingerprint density at radius 2 is 1.75 bits per heavy atom. The lowest BCUT2D eigenvalue weighted by molar-refractivity contribution is -0.137. The number of hydrogen-bond donors (Lipinski definition) is 1. The van der Waals surface area contributed by atoms with Gasteiger partial charge < -0.3 is 9.84 Å². The first-order valence-corrected chi connectivity index (χ1v) is 6.59. The van der Waals surface area contributed by atoms with E-state index in [1.807, 2.05) is 54.6 Å². The van der Waals surface area contributed by atoms with E-state index in [4.69, 9.17) is 9.84 Å². The first-order chi connectivity index (χ1) is 9.70. The average Bonchev–Trinajstić information content (AvgIpc) is 2.47. The third-order valence-electron chi connectivity index (χ3n) is 3.35. The summed E-state index contributed by atoms with van der Waals surface area (Å²) < 4.78 is 5.34. The molecule has 1 N–H and O–H groups in total. The van der Waals surface area contributed by atoms with Crippen LogP contribution in [0.1, 0.15) is 23.5 Å². The summed E-state index contributed by atoms with van der Waals surface area (Å²) in [6, 6.07) is 17.5. The van der Waals surface area contributed by atoms with Crippen molar-refractivity contribution in [3.8, 4) is 5.75 Å². The maximum atomic E-state index is 11.1. The zero-order chi connectivity index (χ0) is 14.4. The van der Waals surface area contributed by atoms with E-state index in [1.54, 1.807) is 7.11 Å². The molecule has 0 aromatic heterocycles. The zero-order valence-corrected chi connectivity index (χ0v) is 11.5. The fourth-order valence-corrected chi connectivity index (χ4v) is 2.38. The molecule has 0 bridgehead atoms. The lowest BCUT2D eigenvalue weighted by atomic mass is 9.89. The molecule has 2 rings (SSSR count). The van der Waals surface area contributed by atoms with E-state index in [-0.39, 0.29) is 12.3 Å². The van der Waals surface area contributed by atoms with E-state index in [0.717, 1.165) is 16.9 Å². The molecule has 1 atom stereocenters. The molecule has 3 heteroatoms.